The zero-order chi connectivity index (χ0) is 16.6. The van der Waals surface area contributed by atoms with Crippen molar-refractivity contribution in [2.24, 2.45) is 0 Å². The molecule has 1 N–H and O–H groups in total. The number of sulfone groups is 1. The maximum atomic E-state index is 12.3. The van der Waals surface area contributed by atoms with E-state index in [0.29, 0.717) is 10.6 Å². The molecule has 2 aromatic rings. The number of amides is 1. The summed E-state index contributed by atoms with van der Waals surface area (Å²) in [5.41, 5.74) is 1.38. The molecule has 0 aliphatic heterocycles. The van der Waals surface area contributed by atoms with Gasteiger partial charge >= 0.3 is 0 Å². The van der Waals surface area contributed by atoms with Crippen LogP contribution in [0.2, 0.25) is 5.02 Å². The first kappa shape index (κ1) is 16.0. The topological polar surface area (TPSA) is 63.2 Å². The van der Waals surface area contributed by atoms with Crippen molar-refractivity contribution in [3.63, 3.8) is 0 Å². The van der Waals surface area contributed by atoms with Gasteiger partial charge < -0.3 is 5.32 Å². The van der Waals surface area contributed by atoms with Gasteiger partial charge in [-0.2, -0.15) is 0 Å². The van der Waals surface area contributed by atoms with Crippen molar-refractivity contribution < 1.29 is 13.2 Å². The van der Waals surface area contributed by atoms with Gasteiger partial charge in [-0.1, -0.05) is 35.9 Å². The van der Waals surface area contributed by atoms with E-state index in [9.17, 15) is 13.2 Å². The summed E-state index contributed by atoms with van der Waals surface area (Å²) in [5.74, 6) is -0.0548. The van der Waals surface area contributed by atoms with Gasteiger partial charge in [-0.3, -0.25) is 4.79 Å². The second-order valence-corrected chi connectivity index (χ2v) is 8.17. The van der Waals surface area contributed by atoms with Crippen LogP contribution in [0.1, 0.15) is 28.3 Å². The molecule has 1 saturated carbocycles. The predicted octanol–water partition coefficient (Wildman–Crippen LogP) is 3.03. The summed E-state index contributed by atoms with van der Waals surface area (Å²) < 4.78 is 23.1. The van der Waals surface area contributed by atoms with E-state index in [1.165, 1.54) is 12.1 Å². The van der Waals surface area contributed by atoms with E-state index in [1.807, 2.05) is 24.3 Å². The fourth-order valence-corrected chi connectivity index (χ4v) is 3.54. The number of benzene rings is 2. The largest absolute Gasteiger partial charge is 0.349 e. The number of hydrogen-bond donors (Lipinski definition) is 1. The highest BCUT2D eigenvalue weighted by molar-refractivity contribution is 7.90. The molecular weight excluding hydrogens is 334 g/mol. The molecule has 23 heavy (non-hydrogen) atoms. The Morgan fingerprint density at radius 1 is 1.17 bits per heavy atom. The van der Waals surface area contributed by atoms with Crippen LogP contribution in [-0.4, -0.2) is 26.6 Å². The Labute approximate surface area is 140 Å². The molecule has 3 rings (SSSR count). The van der Waals surface area contributed by atoms with Crippen LogP contribution in [0, 0.1) is 0 Å². The van der Waals surface area contributed by atoms with Gasteiger partial charge in [0.15, 0.2) is 9.84 Å². The summed E-state index contributed by atoms with van der Waals surface area (Å²) in [6.07, 6.45) is 1.96. The molecule has 1 aliphatic rings. The van der Waals surface area contributed by atoms with Gasteiger partial charge in [0.2, 0.25) is 0 Å². The van der Waals surface area contributed by atoms with Crippen LogP contribution in [0.5, 0.6) is 0 Å². The van der Waals surface area contributed by atoms with Crippen LogP contribution in [0.15, 0.2) is 53.4 Å². The average Bonchev–Trinajstić information content (AvgIpc) is 3.26. The molecule has 0 aromatic heterocycles. The maximum absolute atomic E-state index is 12.3. The third-order valence-corrected chi connectivity index (χ3v) is 5.39. The Bertz CT molecular complexity index is 864. The van der Waals surface area contributed by atoms with Crippen molar-refractivity contribution in [2.75, 3.05) is 6.26 Å². The van der Waals surface area contributed by atoms with Crippen molar-refractivity contribution in [1.82, 2.24) is 5.32 Å². The molecule has 1 fully saturated rings. The summed E-state index contributed by atoms with van der Waals surface area (Å²) in [6, 6.07) is 13.7. The molecule has 2 atom stereocenters. The number of carbonyl (C=O) groups is 1. The van der Waals surface area contributed by atoms with Gasteiger partial charge in [-0.05, 0) is 36.2 Å². The number of rotatable bonds is 4. The molecule has 0 heterocycles. The van der Waals surface area contributed by atoms with Crippen LogP contribution in [-0.2, 0) is 9.84 Å². The lowest BCUT2D eigenvalue weighted by Gasteiger charge is -2.07. The van der Waals surface area contributed by atoms with Crippen LogP contribution < -0.4 is 5.32 Å². The fourth-order valence-electron chi connectivity index (χ4n) is 2.59. The van der Waals surface area contributed by atoms with Gasteiger partial charge in [0, 0.05) is 28.8 Å². The zero-order valence-electron chi connectivity index (χ0n) is 12.5. The Hall–Kier alpha value is -1.85. The fraction of sp³-hybridized carbons (Fsp3) is 0.235. The molecule has 1 aliphatic carbocycles. The first-order valence-electron chi connectivity index (χ1n) is 7.21. The SMILES string of the molecule is CS(=O)(=O)c1cccc(C(=O)N[C@H]2C[C@@H]2c2ccccc2Cl)c1. The third kappa shape index (κ3) is 3.57. The molecular formula is C17H16ClNO3S. The van der Waals surface area contributed by atoms with Crippen LogP contribution in [0.3, 0.4) is 0 Å². The predicted molar refractivity (Wildman–Crippen MR) is 89.6 cm³/mol. The molecule has 120 valence electrons. The van der Waals surface area contributed by atoms with Gasteiger partial charge in [0.05, 0.1) is 4.90 Å². The molecule has 0 saturated heterocycles. The Morgan fingerprint density at radius 2 is 1.91 bits per heavy atom. The average molecular weight is 350 g/mol. The number of halogens is 1. The Balaban J connectivity index is 1.71. The molecule has 2 aromatic carbocycles. The highest BCUT2D eigenvalue weighted by Crippen LogP contribution is 2.43. The van der Waals surface area contributed by atoms with Gasteiger partial charge in [-0.25, -0.2) is 8.42 Å². The van der Waals surface area contributed by atoms with Crippen molar-refractivity contribution in [3.05, 3.63) is 64.7 Å². The minimum absolute atomic E-state index is 0.0317. The van der Waals surface area contributed by atoms with E-state index in [4.69, 9.17) is 11.6 Å². The maximum Gasteiger partial charge on any atom is 0.251 e. The van der Waals surface area contributed by atoms with Crippen molar-refractivity contribution in [1.29, 1.82) is 0 Å². The normalized spacial score (nSPS) is 20.1. The zero-order valence-corrected chi connectivity index (χ0v) is 14.1. The highest BCUT2D eigenvalue weighted by Gasteiger charge is 2.40. The standard InChI is InChI=1S/C17H16ClNO3S/c1-23(21,22)12-6-4-5-11(9-12)17(20)19-16-10-14(16)13-7-2-3-8-15(13)18/h2-9,14,16H,10H2,1H3,(H,19,20)/t14-,16+/m1/s1. The van der Waals surface area contributed by atoms with E-state index in [0.717, 1.165) is 18.2 Å². The Kier molecular flexibility index (Phi) is 4.17. The van der Waals surface area contributed by atoms with Crippen molar-refractivity contribution in [2.45, 2.75) is 23.3 Å². The molecule has 0 spiro atoms. The molecule has 0 bridgehead atoms. The number of hydrogen-bond acceptors (Lipinski definition) is 3. The van der Waals surface area contributed by atoms with E-state index in [1.54, 1.807) is 12.1 Å². The lowest BCUT2D eigenvalue weighted by Crippen LogP contribution is -2.26. The van der Waals surface area contributed by atoms with Gasteiger partial charge in [0.1, 0.15) is 0 Å². The molecule has 4 nitrogen and oxygen atoms in total. The molecule has 6 heteroatoms. The molecule has 1 amide bonds. The smallest absolute Gasteiger partial charge is 0.251 e. The first-order valence-corrected chi connectivity index (χ1v) is 9.48. The first-order chi connectivity index (χ1) is 10.9. The van der Waals surface area contributed by atoms with Crippen LogP contribution in [0.4, 0.5) is 0 Å². The summed E-state index contributed by atoms with van der Waals surface area (Å²) in [4.78, 5) is 12.4. The summed E-state index contributed by atoms with van der Waals surface area (Å²) >= 11 is 6.17. The lowest BCUT2D eigenvalue weighted by molar-refractivity contribution is 0.0950. The third-order valence-electron chi connectivity index (χ3n) is 3.94. The highest BCUT2D eigenvalue weighted by atomic mass is 35.5. The summed E-state index contributed by atoms with van der Waals surface area (Å²) in [6.45, 7) is 0. The van der Waals surface area contributed by atoms with Crippen molar-refractivity contribution >= 4 is 27.3 Å². The summed E-state index contributed by atoms with van der Waals surface area (Å²) in [7, 11) is -3.33. The molecule has 0 radical (unpaired) electrons. The minimum Gasteiger partial charge on any atom is -0.349 e. The minimum atomic E-state index is -3.33. The van der Waals surface area contributed by atoms with Gasteiger partial charge in [-0.15, -0.1) is 0 Å². The Morgan fingerprint density at radius 3 is 2.61 bits per heavy atom. The second kappa shape index (κ2) is 5.98. The lowest BCUT2D eigenvalue weighted by atomic mass is 10.1. The van der Waals surface area contributed by atoms with Crippen LogP contribution in [0.25, 0.3) is 0 Å². The van der Waals surface area contributed by atoms with Crippen molar-refractivity contribution in [3.8, 4) is 0 Å². The van der Waals surface area contributed by atoms with E-state index in [-0.39, 0.29) is 22.8 Å². The monoisotopic (exact) mass is 349 g/mol. The van der Waals surface area contributed by atoms with E-state index in [2.05, 4.69) is 5.32 Å². The molecule has 0 unspecified atom stereocenters. The quantitative estimate of drug-likeness (QED) is 0.922. The van der Waals surface area contributed by atoms with E-state index >= 15 is 0 Å². The number of carbonyl (C=O) groups excluding carboxylic acids is 1. The second-order valence-electron chi connectivity index (χ2n) is 5.74. The summed E-state index contributed by atoms with van der Waals surface area (Å²) in [5, 5.41) is 3.63. The number of nitrogens with one attached hydrogen (secondary N) is 1. The van der Waals surface area contributed by atoms with E-state index < -0.39 is 9.84 Å². The van der Waals surface area contributed by atoms with Gasteiger partial charge in [0.25, 0.3) is 5.91 Å². The van der Waals surface area contributed by atoms with Crippen LogP contribution >= 0.6 is 11.6 Å².